The summed E-state index contributed by atoms with van der Waals surface area (Å²) in [5.41, 5.74) is 0.563. The highest BCUT2D eigenvalue weighted by Crippen LogP contribution is 2.24. The third kappa shape index (κ3) is 8.01. The van der Waals surface area contributed by atoms with Gasteiger partial charge in [-0.1, -0.05) is 75.6 Å². The van der Waals surface area contributed by atoms with Crippen molar-refractivity contribution in [3.05, 3.63) is 48.7 Å². The second-order valence-corrected chi connectivity index (χ2v) is 6.29. The van der Waals surface area contributed by atoms with Gasteiger partial charge < -0.3 is 4.84 Å². The number of allylic oxidation sites excluding steroid dienone is 7. The summed E-state index contributed by atoms with van der Waals surface area (Å²) in [6.45, 7) is 7.91. The van der Waals surface area contributed by atoms with Crippen molar-refractivity contribution < 1.29 is 14.4 Å². The highest BCUT2D eigenvalue weighted by Gasteiger charge is 2.30. The first-order chi connectivity index (χ1) is 12.1. The van der Waals surface area contributed by atoms with Gasteiger partial charge in [0.25, 0.3) is 5.91 Å². The lowest BCUT2D eigenvalue weighted by molar-refractivity contribution is -0.190. The quantitative estimate of drug-likeness (QED) is 0.380. The average molecular weight is 345 g/mol. The highest BCUT2D eigenvalue weighted by molar-refractivity contribution is 5.82. The van der Waals surface area contributed by atoms with Crippen LogP contribution >= 0.6 is 0 Å². The Morgan fingerprint density at radius 1 is 1.20 bits per heavy atom. The summed E-state index contributed by atoms with van der Waals surface area (Å²) in [5, 5.41) is 1.08. The van der Waals surface area contributed by atoms with Crippen LogP contribution in [-0.4, -0.2) is 16.9 Å². The summed E-state index contributed by atoms with van der Waals surface area (Å²) in [4.78, 5) is 29.6. The van der Waals surface area contributed by atoms with Crippen molar-refractivity contribution in [2.75, 3.05) is 0 Å². The number of rotatable bonds is 11. The molecule has 0 aromatic rings. The number of hydrogen-bond donors (Lipinski definition) is 0. The number of unbranched alkanes of at least 4 members (excludes halogenated alkanes) is 3. The topological polar surface area (TPSA) is 46.6 Å². The van der Waals surface area contributed by atoms with Gasteiger partial charge in [0.1, 0.15) is 0 Å². The predicted octanol–water partition coefficient (Wildman–Crippen LogP) is 5.25. The zero-order chi connectivity index (χ0) is 18.5. The molecule has 0 aromatic heterocycles. The number of carbonyl (C=O) groups excluding carboxylic acids is 2. The minimum Gasteiger partial charge on any atom is -0.333 e. The largest absolute Gasteiger partial charge is 0.336 e. The second-order valence-electron chi connectivity index (χ2n) is 6.29. The van der Waals surface area contributed by atoms with E-state index in [9.17, 15) is 9.59 Å². The van der Waals surface area contributed by atoms with Crippen molar-refractivity contribution >= 4 is 11.9 Å². The molecule has 1 aliphatic heterocycles. The molecule has 1 amide bonds. The van der Waals surface area contributed by atoms with E-state index in [0.29, 0.717) is 25.0 Å². The minimum atomic E-state index is -0.338. The van der Waals surface area contributed by atoms with Crippen LogP contribution in [0.3, 0.4) is 0 Å². The Balaban J connectivity index is 2.59. The van der Waals surface area contributed by atoms with E-state index >= 15 is 0 Å². The van der Waals surface area contributed by atoms with Crippen molar-refractivity contribution in [2.45, 2.75) is 65.2 Å². The van der Waals surface area contributed by atoms with Crippen LogP contribution in [0.1, 0.15) is 65.2 Å². The van der Waals surface area contributed by atoms with Crippen molar-refractivity contribution in [1.82, 2.24) is 5.06 Å². The summed E-state index contributed by atoms with van der Waals surface area (Å²) < 4.78 is 0. The van der Waals surface area contributed by atoms with Crippen LogP contribution in [0.4, 0.5) is 0 Å². The summed E-state index contributed by atoms with van der Waals surface area (Å²) in [7, 11) is 0. The lowest BCUT2D eigenvalue weighted by atomic mass is 9.97. The molecule has 0 aliphatic carbocycles. The molecule has 1 aliphatic rings. The van der Waals surface area contributed by atoms with E-state index in [1.165, 1.54) is 6.42 Å². The first-order valence-electron chi connectivity index (χ1n) is 9.27. The summed E-state index contributed by atoms with van der Waals surface area (Å²) in [6, 6.07) is 0. The minimum absolute atomic E-state index is 0.187. The number of nitrogens with zero attached hydrogens (tertiary/aromatic N) is 1. The Labute approximate surface area is 151 Å². The summed E-state index contributed by atoms with van der Waals surface area (Å²) in [5.74, 6) is -0.757. The van der Waals surface area contributed by atoms with Gasteiger partial charge >= 0.3 is 5.97 Å². The molecule has 0 aromatic carbocycles. The van der Waals surface area contributed by atoms with Crippen LogP contribution in [-0.2, 0) is 14.4 Å². The summed E-state index contributed by atoms with van der Waals surface area (Å²) >= 11 is 0. The van der Waals surface area contributed by atoms with Gasteiger partial charge in [-0.15, -0.1) is 5.06 Å². The monoisotopic (exact) mass is 345 g/mol. The Morgan fingerprint density at radius 3 is 2.60 bits per heavy atom. The van der Waals surface area contributed by atoms with Crippen LogP contribution < -0.4 is 0 Å². The van der Waals surface area contributed by atoms with Gasteiger partial charge in [0.05, 0.1) is 11.6 Å². The molecule has 0 bridgehead atoms. The molecule has 1 fully saturated rings. The van der Waals surface area contributed by atoms with Crippen LogP contribution in [0, 0.1) is 5.92 Å². The molecule has 0 spiro atoms. The third-order valence-corrected chi connectivity index (χ3v) is 4.14. The maximum absolute atomic E-state index is 12.5. The molecule has 1 atom stereocenters. The molecule has 138 valence electrons. The van der Waals surface area contributed by atoms with Gasteiger partial charge in [0.15, 0.2) is 0 Å². The van der Waals surface area contributed by atoms with E-state index in [1.807, 2.05) is 43.4 Å². The normalized spacial score (nSPS) is 16.6. The zero-order valence-corrected chi connectivity index (χ0v) is 15.6. The lowest BCUT2D eigenvalue weighted by Crippen LogP contribution is -2.30. The fourth-order valence-electron chi connectivity index (χ4n) is 2.62. The van der Waals surface area contributed by atoms with E-state index < -0.39 is 0 Å². The van der Waals surface area contributed by atoms with Gasteiger partial charge in [-0.05, 0) is 26.2 Å². The van der Waals surface area contributed by atoms with Gasteiger partial charge in [0.2, 0.25) is 0 Å². The molecule has 1 heterocycles. The fraction of sp³-hybridized carbons (Fsp3) is 0.524. The van der Waals surface area contributed by atoms with Gasteiger partial charge in [-0.3, -0.25) is 4.79 Å². The first-order valence-corrected chi connectivity index (χ1v) is 9.27. The smallest absolute Gasteiger partial charge is 0.333 e. The number of carbonyl (C=O) groups is 2. The van der Waals surface area contributed by atoms with E-state index in [-0.39, 0.29) is 17.8 Å². The highest BCUT2D eigenvalue weighted by atomic mass is 16.7. The summed E-state index contributed by atoms with van der Waals surface area (Å²) in [6.07, 6.45) is 18.4. The SMILES string of the molecule is C=C1CCC(=O)N1OC(=O)C(C/C=C/C=C\C=C/C)CCCCCC. The molecule has 0 N–H and O–H groups in total. The molecule has 1 rings (SSSR count). The molecular formula is C21H31NO3. The van der Waals surface area contributed by atoms with Crippen LogP contribution in [0.15, 0.2) is 48.7 Å². The van der Waals surface area contributed by atoms with Crippen molar-refractivity contribution in [3.63, 3.8) is 0 Å². The Hall–Kier alpha value is -2.10. The number of hydroxylamine groups is 2. The van der Waals surface area contributed by atoms with E-state index in [1.54, 1.807) is 0 Å². The average Bonchev–Trinajstić information content (AvgIpc) is 2.91. The molecule has 0 saturated carbocycles. The molecule has 4 nitrogen and oxygen atoms in total. The van der Waals surface area contributed by atoms with E-state index in [2.05, 4.69) is 13.5 Å². The number of hydrogen-bond acceptors (Lipinski definition) is 3. The van der Waals surface area contributed by atoms with Crippen molar-refractivity contribution in [1.29, 1.82) is 0 Å². The van der Waals surface area contributed by atoms with Crippen molar-refractivity contribution in [3.8, 4) is 0 Å². The van der Waals surface area contributed by atoms with Crippen LogP contribution in [0.25, 0.3) is 0 Å². The molecule has 0 radical (unpaired) electrons. The maximum Gasteiger partial charge on any atom is 0.336 e. The second kappa shape index (κ2) is 12.3. The van der Waals surface area contributed by atoms with Crippen molar-refractivity contribution in [2.24, 2.45) is 5.92 Å². The van der Waals surface area contributed by atoms with E-state index in [0.717, 1.165) is 30.7 Å². The van der Waals surface area contributed by atoms with Gasteiger partial charge in [-0.2, -0.15) is 0 Å². The molecule has 1 saturated heterocycles. The first kappa shape index (κ1) is 20.9. The third-order valence-electron chi connectivity index (χ3n) is 4.14. The van der Waals surface area contributed by atoms with Gasteiger partial charge in [-0.25, -0.2) is 4.79 Å². The Bertz CT molecular complexity index is 515. The van der Waals surface area contributed by atoms with Crippen LogP contribution in [0.2, 0.25) is 0 Å². The van der Waals surface area contributed by atoms with E-state index in [4.69, 9.17) is 4.84 Å². The zero-order valence-electron chi connectivity index (χ0n) is 15.6. The molecule has 1 unspecified atom stereocenters. The lowest BCUT2D eigenvalue weighted by Gasteiger charge is -2.20. The molecular weight excluding hydrogens is 314 g/mol. The number of amides is 1. The van der Waals surface area contributed by atoms with Gasteiger partial charge in [0, 0.05) is 6.42 Å². The Kier molecular flexibility index (Phi) is 10.3. The molecule has 4 heteroatoms. The standard InChI is InChI=1S/C21H31NO3/c1-4-6-8-10-11-13-15-19(14-12-9-7-5-2)21(24)25-22-18(3)16-17-20(22)23/h4,6,8,10-11,13,19H,3,5,7,9,12,14-17H2,1-2H3/b6-4-,10-8-,13-11+. The predicted molar refractivity (Wildman–Crippen MR) is 101 cm³/mol. The fourth-order valence-corrected chi connectivity index (χ4v) is 2.62. The van der Waals surface area contributed by atoms with Crippen LogP contribution in [0.5, 0.6) is 0 Å². The molecule has 25 heavy (non-hydrogen) atoms. The maximum atomic E-state index is 12.5. The Morgan fingerprint density at radius 2 is 1.96 bits per heavy atom.